The molecule has 28 heavy (non-hydrogen) atoms. The first kappa shape index (κ1) is 19.2. The fourth-order valence-corrected chi connectivity index (χ4v) is 2.45. The monoisotopic (exact) mass is 399 g/mol. The van der Waals surface area contributed by atoms with Crippen LogP contribution in [0.1, 0.15) is 5.56 Å². The number of alkyl halides is 3. The molecule has 0 spiro atoms. The number of para-hydroxylation sites is 2. The van der Waals surface area contributed by atoms with Crippen molar-refractivity contribution in [2.24, 2.45) is 0 Å². The summed E-state index contributed by atoms with van der Waals surface area (Å²) in [5.74, 6) is -2.28. The van der Waals surface area contributed by atoms with Gasteiger partial charge in [0.15, 0.2) is 11.6 Å². The number of aromatic nitrogens is 4. The van der Waals surface area contributed by atoms with E-state index in [2.05, 4.69) is 10.4 Å². The van der Waals surface area contributed by atoms with Gasteiger partial charge in [-0.05, 0) is 34.7 Å². The molecule has 0 aliphatic carbocycles. The maximum Gasteiger partial charge on any atom is 0.418 e. The molecule has 3 aromatic rings. The van der Waals surface area contributed by atoms with Crippen LogP contribution in [0.2, 0.25) is 0 Å². The summed E-state index contributed by atoms with van der Waals surface area (Å²) in [6, 6.07) is 5.65. The van der Waals surface area contributed by atoms with Crippen molar-refractivity contribution in [3.8, 4) is 5.69 Å². The van der Waals surface area contributed by atoms with Crippen molar-refractivity contribution in [1.82, 2.24) is 19.8 Å². The van der Waals surface area contributed by atoms with Crippen molar-refractivity contribution < 1.29 is 26.7 Å². The van der Waals surface area contributed by atoms with Gasteiger partial charge in [0.1, 0.15) is 5.69 Å². The van der Waals surface area contributed by atoms with Gasteiger partial charge in [0.2, 0.25) is 0 Å². The number of carbonyl (C=O) groups is 1. The summed E-state index contributed by atoms with van der Waals surface area (Å²) in [5.41, 5.74) is -3.89. The van der Waals surface area contributed by atoms with Crippen LogP contribution in [0.3, 0.4) is 0 Å². The predicted molar refractivity (Wildman–Crippen MR) is 86.2 cm³/mol. The first-order valence-corrected chi connectivity index (χ1v) is 7.56. The number of tetrazole rings is 1. The molecular weight excluding hydrogens is 389 g/mol. The lowest BCUT2D eigenvalue weighted by Crippen LogP contribution is -2.39. The van der Waals surface area contributed by atoms with E-state index in [9.17, 15) is 31.5 Å². The van der Waals surface area contributed by atoms with Gasteiger partial charge in [0, 0.05) is 7.05 Å². The summed E-state index contributed by atoms with van der Waals surface area (Å²) >= 11 is 0. The predicted octanol–water partition coefficient (Wildman–Crippen LogP) is 2.83. The second-order valence-electron chi connectivity index (χ2n) is 5.51. The standard InChI is InChI=1S/C16H10F5N5O2/c1-24(12-8-3-2-5-9(12)16(19,20)21)14(27)26-15(28)25(22-23-26)13-10(17)6-4-7-11(13)18/h2-8H,1H3. The van der Waals surface area contributed by atoms with E-state index in [0.29, 0.717) is 4.90 Å². The van der Waals surface area contributed by atoms with Crippen LogP contribution >= 0.6 is 0 Å². The van der Waals surface area contributed by atoms with Crippen molar-refractivity contribution in [3.63, 3.8) is 0 Å². The Labute approximate surface area is 153 Å². The number of halogens is 5. The van der Waals surface area contributed by atoms with Gasteiger partial charge in [0.25, 0.3) is 0 Å². The Morgan fingerprint density at radius 3 is 2.21 bits per heavy atom. The van der Waals surface area contributed by atoms with Crippen LogP contribution in [-0.2, 0) is 6.18 Å². The van der Waals surface area contributed by atoms with Crippen LogP contribution in [-0.4, -0.2) is 32.9 Å². The van der Waals surface area contributed by atoms with Crippen LogP contribution in [0.25, 0.3) is 5.69 Å². The second kappa shape index (κ2) is 6.87. The number of nitrogens with zero attached hydrogens (tertiary/aromatic N) is 5. The van der Waals surface area contributed by atoms with Gasteiger partial charge in [-0.1, -0.05) is 18.2 Å². The zero-order valence-corrected chi connectivity index (χ0v) is 14.0. The Morgan fingerprint density at radius 1 is 1.00 bits per heavy atom. The zero-order valence-electron chi connectivity index (χ0n) is 14.0. The first-order chi connectivity index (χ1) is 13.1. The molecule has 1 aromatic heterocycles. The van der Waals surface area contributed by atoms with E-state index in [4.69, 9.17) is 0 Å². The fraction of sp³-hybridized carbons (Fsp3) is 0.125. The summed E-state index contributed by atoms with van der Waals surface area (Å²) < 4.78 is 67.4. The molecule has 0 unspecified atom stereocenters. The Kier molecular flexibility index (Phi) is 4.71. The molecule has 12 heteroatoms. The van der Waals surface area contributed by atoms with Gasteiger partial charge in [0.05, 0.1) is 11.3 Å². The Hall–Kier alpha value is -3.57. The van der Waals surface area contributed by atoms with Crippen LogP contribution in [0, 0.1) is 11.6 Å². The third kappa shape index (κ3) is 3.23. The van der Waals surface area contributed by atoms with Gasteiger partial charge >= 0.3 is 17.9 Å². The minimum atomic E-state index is -4.76. The molecule has 0 fully saturated rings. The van der Waals surface area contributed by atoms with Crippen LogP contribution in [0.4, 0.5) is 32.4 Å². The quantitative estimate of drug-likeness (QED) is 0.491. The number of anilines is 1. The highest BCUT2D eigenvalue weighted by Gasteiger charge is 2.35. The number of hydrogen-bond acceptors (Lipinski definition) is 4. The molecule has 0 N–H and O–H groups in total. The minimum absolute atomic E-state index is 0.0963. The summed E-state index contributed by atoms with van der Waals surface area (Å²) in [7, 11) is 0.988. The molecule has 1 amide bonds. The van der Waals surface area contributed by atoms with E-state index in [-0.39, 0.29) is 9.36 Å². The van der Waals surface area contributed by atoms with Gasteiger partial charge in [-0.3, -0.25) is 4.90 Å². The van der Waals surface area contributed by atoms with E-state index in [1.807, 2.05) is 0 Å². The third-order valence-electron chi connectivity index (χ3n) is 3.77. The summed E-state index contributed by atoms with van der Waals surface area (Å²) in [4.78, 5) is 25.3. The number of hydrogen-bond donors (Lipinski definition) is 0. The maximum atomic E-state index is 13.8. The molecule has 1 heterocycles. The average Bonchev–Trinajstić information content (AvgIpc) is 3.01. The lowest BCUT2D eigenvalue weighted by molar-refractivity contribution is -0.137. The minimum Gasteiger partial charge on any atom is -0.295 e. The molecule has 0 saturated heterocycles. The van der Waals surface area contributed by atoms with Crippen molar-refractivity contribution in [2.45, 2.75) is 6.18 Å². The molecule has 0 saturated carbocycles. The van der Waals surface area contributed by atoms with Crippen LogP contribution in [0.5, 0.6) is 0 Å². The van der Waals surface area contributed by atoms with E-state index in [0.717, 1.165) is 43.4 Å². The number of benzene rings is 2. The molecule has 0 aliphatic heterocycles. The van der Waals surface area contributed by atoms with Gasteiger partial charge < -0.3 is 0 Å². The normalized spacial score (nSPS) is 11.5. The summed E-state index contributed by atoms with van der Waals surface area (Å²) in [5, 5.41) is 6.47. The molecular formula is C16H10F5N5O2. The molecule has 0 atom stereocenters. The summed E-state index contributed by atoms with van der Waals surface area (Å²) in [6.07, 6.45) is -4.76. The fourth-order valence-electron chi connectivity index (χ4n) is 2.45. The Morgan fingerprint density at radius 2 is 1.61 bits per heavy atom. The van der Waals surface area contributed by atoms with Gasteiger partial charge in [-0.25, -0.2) is 18.4 Å². The van der Waals surface area contributed by atoms with E-state index in [1.165, 1.54) is 6.07 Å². The zero-order chi connectivity index (χ0) is 20.6. The topological polar surface area (TPSA) is 73.0 Å². The average molecular weight is 399 g/mol. The Balaban J connectivity index is 2.04. The molecule has 3 rings (SSSR count). The molecule has 0 bridgehead atoms. The second-order valence-corrected chi connectivity index (χ2v) is 5.51. The highest BCUT2D eigenvalue weighted by atomic mass is 19.4. The molecule has 7 nitrogen and oxygen atoms in total. The van der Waals surface area contributed by atoms with Crippen molar-refractivity contribution in [3.05, 3.63) is 70.1 Å². The van der Waals surface area contributed by atoms with Crippen molar-refractivity contribution >= 4 is 11.7 Å². The number of amides is 1. The number of carbonyl (C=O) groups excluding carboxylic acids is 1. The largest absolute Gasteiger partial charge is 0.418 e. The molecule has 146 valence electrons. The van der Waals surface area contributed by atoms with Crippen molar-refractivity contribution in [1.29, 1.82) is 0 Å². The maximum absolute atomic E-state index is 13.8. The molecule has 2 aromatic carbocycles. The van der Waals surface area contributed by atoms with Gasteiger partial charge in [-0.2, -0.15) is 17.9 Å². The highest BCUT2D eigenvalue weighted by Crippen LogP contribution is 2.36. The van der Waals surface area contributed by atoms with E-state index in [1.54, 1.807) is 0 Å². The van der Waals surface area contributed by atoms with Crippen molar-refractivity contribution in [2.75, 3.05) is 11.9 Å². The van der Waals surface area contributed by atoms with Crippen LogP contribution in [0.15, 0.2) is 47.3 Å². The highest BCUT2D eigenvalue weighted by molar-refractivity contribution is 5.93. The lowest BCUT2D eigenvalue weighted by Gasteiger charge is -2.20. The molecule has 0 aliphatic rings. The lowest BCUT2D eigenvalue weighted by atomic mass is 10.1. The smallest absolute Gasteiger partial charge is 0.295 e. The first-order valence-electron chi connectivity index (χ1n) is 7.56. The third-order valence-corrected chi connectivity index (χ3v) is 3.77. The van der Waals surface area contributed by atoms with E-state index >= 15 is 0 Å². The number of rotatable bonds is 2. The van der Waals surface area contributed by atoms with Gasteiger partial charge in [-0.15, -0.1) is 4.68 Å². The molecule has 0 radical (unpaired) electrons. The summed E-state index contributed by atoms with van der Waals surface area (Å²) in [6.45, 7) is 0. The SMILES string of the molecule is CN(C(=O)n1nnn(-c2c(F)cccc2F)c1=O)c1ccccc1C(F)(F)F. The van der Waals surface area contributed by atoms with E-state index < -0.39 is 46.5 Å². The van der Waals surface area contributed by atoms with Crippen LogP contribution < -0.4 is 10.6 Å². The Bertz CT molecular complexity index is 1090.